The predicted molar refractivity (Wildman–Crippen MR) is 99.0 cm³/mol. The van der Waals surface area contributed by atoms with Crippen molar-refractivity contribution in [2.24, 2.45) is 0 Å². The first-order chi connectivity index (χ1) is 12.5. The first-order valence-electron chi connectivity index (χ1n) is 7.93. The molecule has 7 heteroatoms. The first-order valence-corrected chi connectivity index (χ1v) is 7.93. The van der Waals surface area contributed by atoms with Crippen LogP contribution in [0.25, 0.3) is 6.08 Å². The van der Waals surface area contributed by atoms with Crippen molar-refractivity contribution in [1.82, 2.24) is 0 Å². The fraction of sp³-hybridized carbons (Fsp3) is 0.105. The van der Waals surface area contributed by atoms with Gasteiger partial charge in [0.05, 0.1) is 5.69 Å². The van der Waals surface area contributed by atoms with Crippen molar-refractivity contribution in [3.63, 3.8) is 0 Å². The number of carbonyl (C=O) groups is 3. The maximum absolute atomic E-state index is 12.1. The zero-order valence-corrected chi connectivity index (χ0v) is 14.0. The summed E-state index contributed by atoms with van der Waals surface area (Å²) in [6, 6.07) is 12.1. The van der Waals surface area contributed by atoms with Gasteiger partial charge in [0.1, 0.15) is 5.75 Å². The summed E-state index contributed by atoms with van der Waals surface area (Å²) >= 11 is 0. The quantitative estimate of drug-likeness (QED) is 0.738. The largest absolute Gasteiger partial charge is 0.482 e. The van der Waals surface area contributed by atoms with Crippen LogP contribution in [0.2, 0.25) is 0 Å². The summed E-state index contributed by atoms with van der Waals surface area (Å²) in [5.41, 5.74) is 2.58. The van der Waals surface area contributed by atoms with E-state index in [0.29, 0.717) is 22.8 Å². The number of rotatable bonds is 4. The van der Waals surface area contributed by atoms with E-state index in [2.05, 4.69) is 16.0 Å². The maximum atomic E-state index is 12.1. The summed E-state index contributed by atoms with van der Waals surface area (Å²) in [5.74, 6) is -0.112. The van der Waals surface area contributed by atoms with E-state index in [0.717, 1.165) is 5.56 Å². The van der Waals surface area contributed by atoms with Crippen LogP contribution in [0, 0.1) is 0 Å². The second kappa shape index (κ2) is 7.52. The van der Waals surface area contributed by atoms with Crippen molar-refractivity contribution < 1.29 is 19.1 Å². The second-order valence-electron chi connectivity index (χ2n) is 5.67. The smallest absolute Gasteiger partial charge is 0.262 e. The summed E-state index contributed by atoms with van der Waals surface area (Å²) < 4.78 is 5.27. The van der Waals surface area contributed by atoms with Crippen molar-refractivity contribution in [2.75, 3.05) is 22.6 Å². The first kappa shape index (κ1) is 17.2. The molecule has 3 N–H and O–H groups in total. The van der Waals surface area contributed by atoms with E-state index >= 15 is 0 Å². The molecule has 1 aliphatic heterocycles. The lowest BCUT2D eigenvalue weighted by Crippen LogP contribution is -2.25. The number of amides is 3. The monoisotopic (exact) mass is 351 g/mol. The Kier molecular flexibility index (Phi) is 4.98. The molecular formula is C19H17N3O4. The molecule has 1 heterocycles. The normalized spacial score (nSPS) is 12.7. The van der Waals surface area contributed by atoms with E-state index in [1.165, 1.54) is 13.0 Å². The number of hydrogen-bond donors (Lipinski definition) is 3. The molecule has 1 aliphatic rings. The van der Waals surface area contributed by atoms with Gasteiger partial charge < -0.3 is 20.7 Å². The molecule has 0 bridgehead atoms. The van der Waals surface area contributed by atoms with E-state index in [9.17, 15) is 14.4 Å². The molecule has 2 aromatic rings. The van der Waals surface area contributed by atoms with Crippen LogP contribution in [0.1, 0.15) is 12.5 Å². The number of fused-ring (bicyclic) bond motifs is 1. The molecule has 0 atom stereocenters. The summed E-state index contributed by atoms with van der Waals surface area (Å²) in [6.45, 7) is 1.43. The molecule has 0 spiro atoms. The zero-order valence-electron chi connectivity index (χ0n) is 14.0. The van der Waals surface area contributed by atoms with Gasteiger partial charge in [0.15, 0.2) is 6.61 Å². The van der Waals surface area contributed by atoms with E-state index < -0.39 is 0 Å². The zero-order chi connectivity index (χ0) is 18.5. The van der Waals surface area contributed by atoms with Gasteiger partial charge in [-0.15, -0.1) is 0 Å². The molecule has 3 rings (SSSR count). The highest BCUT2D eigenvalue weighted by atomic mass is 16.5. The highest BCUT2D eigenvalue weighted by molar-refractivity contribution is 6.03. The Hall–Kier alpha value is -3.61. The van der Waals surface area contributed by atoms with Gasteiger partial charge in [0.25, 0.3) is 5.91 Å². The minimum absolute atomic E-state index is 0.0117. The summed E-state index contributed by atoms with van der Waals surface area (Å²) in [5, 5.41) is 8.09. The summed E-state index contributed by atoms with van der Waals surface area (Å²) in [4.78, 5) is 34.4. The van der Waals surface area contributed by atoms with Gasteiger partial charge in [-0.2, -0.15) is 0 Å². The summed E-state index contributed by atoms with van der Waals surface area (Å²) in [7, 11) is 0. The Morgan fingerprint density at radius 2 is 1.81 bits per heavy atom. The van der Waals surface area contributed by atoms with Crippen LogP contribution in [0.5, 0.6) is 5.75 Å². The van der Waals surface area contributed by atoms with Gasteiger partial charge in [-0.1, -0.05) is 12.1 Å². The van der Waals surface area contributed by atoms with Gasteiger partial charge in [0.2, 0.25) is 11.8 Å². The highest BCUT2D eigenvalue weighted by Gasteiger charge is 2.16. The third kappa shape index (κ3) is 4.47. The lowest BCUT2D eigenvalue weighted by molar-refractivity contribution is -0.118. The van der Waals surface area contributed by atoms with Gasteiger partial charge in [0, 0.05) is 24.4 Å². The molecule has 132 valence electrons. The van der Waals surface area contributed by atoms with Crippen molar-refractivity contribution in [3.05, 3.63) is 54.1 Å². The fourth-order valence-electron chi connectivity index (χ4n) is 2.40. The Morgan fingerprint density at radius 1 is 1.08 bits per heavy atom. The number of hydrogen-bond acceptors (Lipinski definition) is 4. The van der Waals surface area contributed by atoms with E-state index in [1.54, 1.807) is 48.5 Å². The van der Waals surface area contributed by atoms with Gasteiger partial charge in [-0.25, -0.2) is 0 Å². The Labute approximate surface area is 150 Å². The van der Waals surface area contributed by atoms with E-state index in [-0.39, 0.29) is 24.3 Å². The molecular weight excluding hydrogens is 334 g/mol. The number of anilines is 3. The third-order valence-electron chi connectivity index (χ3n) is 3.54. The minimum atomic E-state index is -0.307. The van der Waals surface area contributed by atoms with E-state index in [4.69, 9.17) is 4.74 Å². The minimum Gasteiger partial charge on any atom is -0.482 e. The van der Waals surface area contributed by atoms with Crippen LogP contribution in [0.15, 0.2) is 48.5 Å². The third-order valence-corrected chi connectivity index (χ3v) is 3.54. The Morgan fingerprint density at radius 3 is 2.54 bits per heavy atom. The number of carbonyl (C=O) groups excluding carboxylic acids is 3. The van der Waals surface area contributed by atoms with Crippen LogP contribution in [0.4, 0.5) is 17.1 Å². The standard InChI is InChI=1S/C19H17N3O4/c1-12(23)20-14-5-2-13(3-6-14)4-9-18(24)21-15-7-8-17-16(10-15)22-19(25)11-26-17/h2-10H,11H2,1H3,(H,20,23)(H,21,24)(H,22,25)/b9-4+. The molecule has 0 radical (unpaired) electrons. The topological polar surface area (TPSA) is 96.5 Å². The Bertz CT molecular complexity index is 888. The molecule has 0 saturated carbocycles. The molecule has 0 aromatic heterocycles. The number of ether oxygens (including phenoxy) is 1. The van der Waals surface area contributed by atoms with Crippen LogP contribution in [-0.4, -0.2) is 24.3 Å². The maximum Gasteiger partial charge on any atom is 0.262 e. The molecule has 0 saturated heterocycles. The van der Waals surface area contributed by atoms with Crippen molar-refractivity contribution >= 4 is 40.9 Å². The predicted octanol–water partition coefficient (Wildman–Crippen LogP) is 2.63. The van der Waals surface area contributed by atoms with Gasteiger partial charge >= 0.3 is 0 Å². The fourth-order valence-corrected chi connectivity index (χ4v) is 2.40. The molecule has 7 nitrogen and oxygen atoms in total. The molecule has 26 heavy (non-hydrogen) atoms. The SMILES string of the molecule is CC(=O)Nc1ccc(/C=C/C(=O)Nc2ccc3c(c2)NC(=O)CO3)cc1. The van der Waals surface area contributed by atoms with E-state index in [1.807, 2.05) is 0 Å². The van der Waals surface area contributed by atoms with Gasteiger partial charge in [-0.3, -0.25) is 14.4 Å². The molecule has 0 aliphatic carbocycles. The molecule has 0 unspecified atom stereocenters. The molecule has 0 fully saturated rings. The summed E-state index contributed by atoms with van der Waals surface area (Å²) in [6.07, 6.45) is 3.07. The second-order valence-corrected chi connectivity index (χ2v) is 5.67. The van der Waals surface area contributed by atoms with Gasteiger partial charge in [-0.05, 0) is 42.0 Å². The Balaban J connectivity index is 1.61. The number of nitrogens with one attached hydrogen (secondary N) is 3. The van der Waals surface area contributed by atoms with Crippen LogP contribution in [0.3, 0.4) is 0 Å². The van der Waals surface area contributed by atoms with Crippen LogP contribution < -0.4 is 20.7 Å². The molecule has 3 amide bonds. The lowest BCUT2D eigenvalue weighted by Gasteiger charge is -2.18. The van der Waals surface area contributed by atoms with Crippen molar-refractivity contribution in [3.8, 4) is 5.75 Å². The lowest BCUT2D eigenvalue weighted by atomic mass is 10.2. The van der Waals surface area contributed by atoms with Crippen molar-refractivity contribution in [1.29, 1.82) is 0 Å². The average Bonchev–Trinajstić information content (AvgIpc) is 2.60. The number of benzene rings is 2. The van der Waals surface area contributed by atoms with Crippen LogP contribution in [-0.2, 0) is 14.4 Å². The average molecular weight is 351 g/mol. The van der Waals surface area contributed by atoms with Crippen LogP contribution >= 0.6 is 0 Å². The highest BCUT2D eigenvalue weighted by Crippen LogP contribution is 2.30. The van der Waals surface area contributed by atoms with Crippen molar-refractivity contribution in [2.45, 2.75) is 6.92 Å². The molecule has 2 aromatic carbocycles.